The summed E-state index contributed by atoms with van der Waals surface area (Å²) in [5.74, 6) is 0. The summed E-state index contributed by atoms with van der Waals surface area (Å²) in [5, 5.41) is 7.24. The van der Waals surface area contributed by atoms with Gasteiger partial charge in [-0.3, -0.25) is 4.90 Å². The highest BCUT2D eigenvalue weighted by Crippen LogP contribution is 2.14. The van der Waals surface area contributed by atoms with Crippen molar-refractivity contribution in [3.8, 4) is 0 Å². The summed E-state index contributed by atoms with van der Waals surface area (Å²) in [4.78, 5) is 2.36. The summed E-state index contributed by atoms with van der Waals surface area (Å²) >= 11 is 0. The maximum atomic E-state index is 7.24. The van der Waals surface area contributed by atoms with Gasteiger partial charge in [-0.1, -0.05) is 13.8 Å². The fourth-order valence-corrected chi connectivity index (χ4v) is 1.38. The third kappa shape index (κ3) is 2.91. The van der Waals surface area contributed by atoms with Crippen molar-refractivity contribution in [3.63, 3.8) is 0 Å². The average Bonchev–Trinajstić information content (AvgIpc) is 2.06. The van der Waals surface area contributed by atoms with Crippen LogP contribution in [0.15, 0.2) is 0 Å². The molecular weight excluding hydrogens is 152 g/mol. The number of hydrogen-bond acceptors (Lipinski definition) is 3. The fourth-order valence-electron chi connectivity index (χ4n) is 1.38. The van der Waals surface area contributed by atoms with Gasteiger partial charge in [0.25, 0.3) is 0 Å². The lowest BCUT2D eigenvalue weighted by Crippen LogP contribution is -2.42. The summed E-state index contributed by atoms with van der Waals surface area (Å²) in [6.45, 7) is 8.86. The summed E-state index contributed by atoms with van der Waals surface area (Å²) in [5.41, 5.74) is 0.0112. The van der Waals surface area contributed by atoms with E-state index in [0.717, 1.165) is 32.8 Å². The number of morpholine rings is 1. The molecule has 1 fully saturated rings. The Hall–Kier alpha value is -0.410. The number of rotatable bonds is 3. The quantitative estimate of drug-likeness (QED) is 0.641. The zero-order valence-corrected chi connectivity index (χ0v) is 7.97. The molecule has 12 heavy (non-hydrogen) atoms. The molecule has 0 spiro atoms. The summed E-state index contributed by atoms with van der Waals surface area (Å²) in [7, 11) is 0. The van der Waals surface area contributed by atoms with Crippen LogP contribution >= 0.6 is 0 Å². The lowest BCUT2D eigenvalue weighted by atomic mass is 9.94. The number of ether oxygens (including phenoxy) is 1. The van der Waals surface area contributed by atoms with Gasteiger partial charge in [0.05, 0.1) is 13.2 Å². The predicted octanol–water partition coefficient (Wildman–Crippen LogP) is 0.994. The van der Waals surface area contributed by atoms with E-state index in [2.05, 4.69) is 18.7 Å². The molecule has 0 saturated carbocycles. The first kappa shape index (κ1) is 9.68. The lowest BCUT2D eigenvalue weighted by Gasteiger charge is -2.32. The van der Waals surface area contributed by atoms with Crippen LogP contribution < -0.4 is 0 Å². The van der Waals surface area contributed by atoms with Crippen LogP contribution in [0.5, 0.6) is 0 Å². The Balaban J connectivity index is 2.33. The smallest absolute Gasteiger partial charge is 0.0594 e. The van der Waals surface area contributed by atoms with Gasteiger partial charge in [-0.05, 0) is 0 Å². The molecule has 0 bridgehead atoms. The van der Waals surface area contributed by atoms with Gasteiger partial charge in [0.1, 0.15) is 0 Å². The van der Waals surface area contributed by atoms with E-state index < -0.39 is 0 Å². The monoisotopic (exact) mass is 170 g/mol. The van der Waals surface area contributed by atoms with E-state index >= 15 is 0 Å². The normalized spacial score (nSPS) is 20.8. The highest BCUT2D eigenvalue weighted by Gasteiger charge is 2.20. The van der Waals surface area contributed by atoms with E-state index in [9.17, 15) is 0 Å². The molecule has 1 saturated heterocycles. The molecule has 0 aromatic carbocycles. The van der Waals surface area contributed by atoms with Crippen molar-refractivity contribution in [2.24, 2.45) is 5.41 Å². The van der Waals surface area contributed by atoms with Crippen molar-refractivity contribution in [2.75, 3.05) is 32.8 Å². The Bertz CT molecular complexity index is 151. The van der Waals surface area contributed by atoms with Crippen molar-refractivity contribution < 1.29 is 4.74 Å². The number of hydrogen-bond donors (Lipinski definition) is 1. The Morgan fingerprint density at radius 3 is 2.50 bits per heavy atom. The largest absolute Gasteiger partial charge is 0.379 e. The van der Waals surface area contributed by atoms with E-state index in [0.29, 0.717) is 0 Å². The first-order chi connectivity index (χ1) is 5.64. The maximum Gasteiger partial charge on any atom is 0.0594 e. The maximum absolute atomic E-state index is 7.24. The molecule has 0 aliphatic carbocycles. The van der Waals surface area contributed by atoms with Gasteiger partial charge >= 0.3 is 0 Å². The summed E-state index contributed by atoms with van der Waals surface area (Å²) < 4.78 is 5.25. The van der Waals surface area contributed by atoms with E-state index in [-0.39, 0.29) is 5.41 Å². The second-order valence-corrected chi connectivity index (χ2v) is 4.02. The molecule has 0 radical (unpaired) electrons. The zero-order chi connectivity index (χ0) is 9.03. The van der Waals surface area contributed by atoms with Crippen LogP contribution in [0.3, 0.4) is 0 Å². The molecule has 1 aliphatic heterocycles. The van der Waals surface area contributed by atoms with Crippen LogP contribution in [0.25, 0.3) is 0 Å². The SMILES string of the molecule is CC(C)(C=N)CN1CCOCC1. The molecular formula is C9H18N2O. The summed E-state index contributed by atoms with van der Waals surface area (Å²) in [6.07, 6.45) is 1.53. The predicted molar refractivity (Wildman–Crippen MR) is 49.8 cm³/mol. The molecule has 3 heteroatoms. The molecule has 1 rings (SSSR count). The highest BCUT2D eigenvalue weighted by molar-refractivity contribution is 5.61. The second kappa shape index (κ2) is 4.01. The van der Waals surface area contributed by atoms with Crippen molar-refractivity contribution in [1.82, 2.24) is 4.90 Å². The minimum atomic E-state index is 0.0112. The average molecular weight is 170 g/mol. The first-order valence-electron chi connectivity index (χ1n) is 4.46. The van der Waals surface area contributed by atoms with Crippen molar-refractivity contribution >= 4 is 6.21 Å². The van der Waals surface area contributed by atoms with Gasteiger partial charge in [-0.2, -0.15) is 0 Å². The second-order valence-electron chi connectivity index (χ2n) is 4.02. The molecule has 1 aliphatic rings. The molecule has 0 unspecified atom stereocenters. The molecule has 0 aromatic rings. The van der Waals surface area contributed by atoms with Gasteiger partial charge in [-0.25, -0.2) is 0 Å². The van der Waals surface area contributed by atoms with Crippen LogP contribution in [-0.2, 0) is 4.74 Å². The summed E-state index contributed by atoms with van der Waals surface area (Å²) in [6, 6.07) is 0. The zero-order valence-electron chi connectivity index (χ0n) is 7.97. The van der Waals surface area contributed by atoms with Crippen molar-refractivity contribution in [1.29, 1.82) is 5.41 Å². The number of nitrogens with one attached hydrogen (secondary N) is 1. The Labute approximate surface area is 74.2 Å². The van der Waals surface area contributed by atoms with E-state index in [1.54, 1.807) is 0 Å². The molecule has 3 nitrogen and oxygen atoms in total. The minimum Gasteiger partial charge on any atom is -0.379 e. The standard InChI is InChI=1S/C9H18N2O/c1-9(2,7-10)8-11-3-5-12-6-4-11/h7,10H,3-6,8H2,1-2H3. The van der Waals surface area contributed by atoms with Crippen LogP contribution in [-0.4, -0.2) is 44.0 Å². The highest BCUT2D eigenvalue weighted by atomic mass is 16.5. The molecule has 0 atom stereocenters. The van der Waals surface area contributed by atoms with Crippen molar-refractivity contribution in [3.05, 3.63) is 0 Å². The van der Waals surface area contributed by atoms with E-state index in [1.807, 2.05) is 0 Å². The molecule has 1 heterocycles. The van der Waals surface area contributed by atoms with Gasteiger partial charge in [-0.15, -0.1) is 0 Å². The van der Waals surface area contributed by atoms with Gasteiger partial charge in [0.2, 0.25) is 0 Å². The van der Waals surface area contributed by atoms with Crippen LogP contribution in [0.1, 0.15) is 13.8 Å². The lowest BCUT2D eigenvalue weighted by molar-refractivity contribution is 0.0289. The van der Waals surface area contributed by atoms with Gasteiger partial charge < -0.3 is 10.1 Å². The molecule has 1 N–H and O–H groups in total. The Morgan fingerprint density at radius 1 is 1.42 bits per heavy atom. The van der Waals surface area contributed by atoms with Crippen LogP contribution in [0.4, 0.5) is 0 Å². The molecule has 70 valence electrons. The topological polar surface area (TPSA) is 36.3 Å². The Morgan fingerprint density at radius 2 is 2.00 bits per heavy atom. The third-order valence-corrected chi connectivity index (χ3v) is 2.13. The van der Waals surface area contributed by atoms with Gasteiger partial charge in [0, 0.05) is 31.3 Å². The number of nitrogens with zero attached hydrogens (tertiary/aromatic N) is 1. The van der Waals surface area contributed by atoms with E-state index in [4.69, 9.17) is 10.1 Å². The third-order valence-electron chi connectivity index (χ3n) is 2.13. The van der Waals surface area contributed by atoms with Crippen molar-refractivity contribution in [2.45, 2.75) is 13.8 Å². The minimum absolute atomic E-state index is 0.0112. The fraction of sp³-hybridized carbons (Fsp3) is 0.889. The molecule has 0 aromatic heterocycles. The Kier molecular flexibility index (Phi) is 3.23. The van der Waals surface area contributed by atoms with Crippen LogP contribution in [0.2, 0.25) is 0 Å². The first-order valence-corrected chi connectivity index (χ1v) is 4.46. The van der Waals surface area contributed by atoms with Gasteiger partial charge in [0.15, 0.2) is 0 Å². The van der Waals surface area contributed by atoms with E-state index in [1.165, 1.54) is 6.21 Å². The van der Waals surface area contributed by atoms with Crippen LogP contribution in [0, 0.1) is 10.8 Å². The molecule has 0 amide bonds.